The van der Waals surface area contributed by atoms with Gasteiger partial charge in [-0.1, -0.05) is 35.3 Å². The van der Waals surface area contributed by atoms with Crippen LogP contribution in [0.1, 0.15) is 23.0 Å². The Balaban J connectivity index is 1.84. The highest BCUT2D eigenvalue weighted by Gasteiger charge is 2.20. The summed E-state index contributed by atoms with van der Waals surface area (Å²) in [6.45, 7) is 0. The average Bonchev–Trinajstić information content (AvgIpc) is 3.03. The van der Waals surface area contributed by atoms with Gasteiger partial charge in [-0.3, -0.25) is 4.79 Å². The van der Waals surface area contributed by atoms with E-state index in [-0.39, 0.29) is 11.7 Å². The highest BCUT2D eigenvalue weighted by atomic mass is 35.5. The van der Waals surface area contributed by atoms with Crippen molar-refractivity contribution in [2.45, 2.75) is 6.04 Å². The molecule has 0 aliphatic rings. The third kappa shape index (κ3) is 4.96. The first kappa shape index (κ1) is 19.1. The number of aromatic nitrogens is 2. The molecule has 1 heterocycles. The predicted molar refractivity (Wildman–Crippen MR) is 105 cm³/mol. The van der Waals surface area contributed by atoms with Crippen LogP contribution in [0.15, 0.2) is 60.9 Å². The molecule has 0 aliphatic carbocycles. The van der Waals surface area contributed by atoms with Gasteiger partial charge in [0.25, 0.3) is 0 Å². The molecule has 1 N–H and O–H groups in total. The Morgan fingerprint density at radius 3 is 2.59 bits per heavy atom. The molecule has 3 rings (SSSR count). The van der Waals surface area contributed by atoms with E-state index in [2.05, 4.69) is 10.3 Å². The van der Waals surface area contributed by atoms with Crippen molar-refractivity contribution >= 4 is 35.2 Å². The summed E-state index contributed by atoms with van der Waals surface area (Å²) in [7, 11) is 1.81. The lowest BCUT2D eigenvalue weighted by molar-refractivity contribution is -0.117. The van der Waals surface area contributed by atoms with Crippen molar-refractivity contribution in [2.75, 3.05) is 0 Å². The molecule has 1 amide bonds. The molecule has 3 aromatic rings. The van der Waals surface area contributed by atoms with E-state index in [4.69, 9.17) is 23.2 Å². The predicted octanol–water partition coefficient (Wildman–Crippen LogP) is 4.79. The van der Waals surface area contributed by atoms with E-state index >= 15 is 0 Å². The molecular formula is C20H16Cl2FN3O. The summed E-state index contributed by atoms with van der Waals surface area (Å²) in [5.74, 6) is -0.151. The number of nitrogens with zero attached hydrogens (tertiary/aromatic N) is 2. The van der Waals surface area contributed by atoms with E-state index in [0.717, 1.165) is 0 Å². The Morgan fingerprint density at radius 1 is 1.22 bits per heavy atom. The monoisotopic (exact) mass is 403 g/mol. The number of aryl methyl sites for hydroxylation is 1. The van der Waals surface area contributed by atoms with Gasteiger partial charge in [0, 0.05) is 35.6 Å². The summed E-state index contributed by atoms with van der Waals surface area (Å²) in [5.41, 5.74) is 1.29. The zero-order valence-electron chi connectivity index (χ0n) is 14.4. The summed E-state index contributed by atoms with van der Waals surface area (Å²) in [4.78, 5) is 16.8. The maximum absolute atomic E-state index is 13.7. The van der Waals surface area contributed by atoms with E-state index < -0.39 is 6.04 Å². The standard InChI is InChI=1S/C20H16Cl2FN3O/c1-26-8-7-24-20(26)19(14-3-2-4-17(23)11-14)25-18(27)6-5-13-9-15(21)12-16(22)10-13/h2-12,19H,1H3,(H,25,27)/b6-5+. The molecule has 1 unspecified atom stereocenters. The molecule has 0 saturated heterocycles. The Labute approximate surface area is 166 Å². The lowest BCUT2D eigenvalue weighted by Gasteiger charge is -2.18. The van der Waals surface area contributed by atoms with Crippen LogP contribution in [-0.4, -0.2) is 15.5 Å². The van der Waals surface area contributed by atoms with Crippen molar-refractivity contribution in [3.63, 3.8) is 0 Å². The third-order valence-electron chi connectivity index (χ3n) is 3.90. The quantitative estimate of drug-likeness (QED) is 0.622. The number of carbonyl (C=O) groups excluding carboxylic acids is 1. The number of hydrogen-bond donors (Lipinski definition) is 1. The van der Waals surface area contributed by atoms with E-state index in [9.17, 15) is 9.18 Å². The fourth-order valence-electron chi connectivity index (χ4n) is 2.67. The van der Waals surface area contributed by atoms with Crippen LogP contribution in [0.2, 0.25) is 10.0 Å². The van der Waals surface area contributed by atoms with Crippen molar-refractivity contribution in [2.24, 2.45) is 7.05 Å². The number of rotatable bonds is 5. The van der Waals surface area contributed by atoms with Gasteiger partial charge >= 0.3 is 0 Å². The average molecular weight is 404 g/mol. The highest BCUT2D eigenvalue weighted by molar-refractivity contribution is 6.34. The molecule has 138 valence electrons. The van der Waals surface area contributed by atoms with Crippen molar-refractivity contribution in [3.8, 4) is 0 Å². The maximum atomic E-state index is 13.7. The van der Waals surface area contributed by atoms with Crippen molar-refractivity contribution in [1.82, 2.24) is 14.9 Å². The number of amides is 1. The van der Waals surface area contributed by atoms with E-state index in [1.54, 1.807) is 53.4 Å². The number of nitrogens with one attached hydrogen (secondary N) is 1. The van der Waals surface area contributed by atoms with Crippen molar-refractivity contribution in [3.05, 3.63) is 93.7 Å². The summed E-state index contributed by atoms with van der Waals surface area (Å²) < 4.78 is 15.4. The van der Waals surface area contributed by atoms with Gasteiger partial charge in [-0.15, -0.1) is 0 Å². The maximum Gasteiger partial charge on any atom is 0.244 e. The summed E-state index contributed by atoms with van der Waals surface area (Å²) in [6, 6.07) is 10.5. The van der Waals surface area contributed by atoms with Crippen LogP contribution in [0.25, 0.3) is 6.08 Å². The summed E-state index contributed by atoms with van der Waals surface area (Å²) in [5, 5.41) is 3.82. The van der Waals surface area contributed by atoms with Crippen LogP contribution in [0.5, 0.6) is 0 Å². The second-order valence-corrected chi connectivity index (χ2v) is 6.80. The number of imidazole rings is 1. The fourth-order valence-corrected chi connectivity index (χ4v) is 3.22. The molecular weight excluding hydrogens is 388 g/mol. The molecule has 0 bridgehead atoms. The van der Waals surface area contributed by atoms with E-state index in [0.29, 0.717) is 27.0 Å². The van der Waals surface area contributed by atoms with Gasteiger partial charge < -0.3 is 9.88 Å². The largest absolute Gasteiger partial charge is 0.339 e. The van der Waals surface area contributed by atoms with Gasteiger partial charge in [-0.05, 0) is 47.5 Å². The Hall–Kier alpha value is -2.63. The summed E-state index contributed by atoms with van der Waals surface area (Å²) >= 11 is 11.9. The molecule has 0 aliphatic heterocycles. The topological polar surface area (TPSA) is 46.9 Å². The molecule has 2 aromatic carbocycles. The first-order chi connectivity index (χ1) is 12.9. The summed E-state index contributed by atoms with van der Waals surface area (Å²) in [6.07, 6.45) is 6.36. The fraction of sp³-hybridized carbons (Fsp3) is 0.100. The van der Waals surface area contributed by atoms with Crippen LogP contribution in [0.3, 0.4) is 0 Å². The molecule has 0 saturated carbocycles. The molecule has 0 spiro atoms. The van der Waals surface area contributed by atoms with Gasteiger partial charge in [-0.25, -0.2) is 9.37 Å². The first-order valence-corrected chi connectivity index (χ1v) is 8.85. The first-order valence-electron chi connectivity index (χ1n) is 8.10. The Morgan fingerprint density at radius 2 is 1.96 bits per heavy atom. The van der Waals surface area contributed by atoms with Crippen molar-refractivity contribution < 1.29 is 9.18 Å². The van der Waals surface area contributed by atoms with Crippen LogP contribution in [0, 0.1) is 5.82 Å². The van der Waals surface area contributed by atoms with Crippen LogP contribution < -0.4 is 5.32 Å². The third-order valence-corrected chi connectivity index (χ3v) is 4.33. The molecule has 1 atom stereocenters. The minimum atomic E-state index is -0.596. The molecule has 7 heteroatoms. The van der Waals surface area contributed by atoms with Gasteiger partial charge in [0.05, 0.1) is 0 Å². The molecule has 4 nitrogen and oxygen atoms in total. The van der Waals surface area contributed by atoms with Gasteiger partial charge in [0.2, 0.25) is 5.91 Å². The van der Waals surface area contributed by atoms with Gasteiger partial charge in [0.1, 0.15) is 17.7 Å². The second-order valence-electron chi connectivity index (χ2n) is 5.93. The van der Waals surface area contributed by atoms with Crippen LogP contribution in [-0.2, 0) is 11.8 Å². The Kier molecular flexibility index (Phi) is 5.94. The second kappa shape index (κ2) is 8.37. The van der Waals surface area contributed by atoms with Crippen molar-refractivity contribution in [1.29, 1.82) is 0 Å². The Bertz CT molecular complexity index is 980. The molecule has 1 aromatic heterocycles. The number of carbonyl (C=O) groups is 1. The number of hydrogen-bond acceptors (Lipinski definition) is 2. The van der Waals surface area contributed by atoms with Gasteiger partial charge in [-0.2, -0.15) is 0 Å². The zero-order valence-corrected chi connectivity index (χ0v) is 15.9. The molecule has 0 fully saturated rings. The number of halogens is 3. The van der Waals surface area contributed by atoms with E-state index in [1.165, 1.54) is 18.2 Å². The van der Waals surface area contributed by atoms with Crippen LogP contribution in [0.4, 0.5) is 4.39 Å². The SMILES string of the molecule is Cn1ccnc1C(NC(=O)/C=C/c1cc(Cl)cc(Cl)c1)c1cccc(F)c1. The molecule has 0 radical (unpaired) electrons. The normalized spacial score (nSPS) is 12.3. The van der Waals surface area contributed by atoms with Gasteiger partial charge in [0.15, 0.2) is 0 Å². The highest BCUT2D eigenvalue weighted by Crippen LogP contribution is 2.22. The number of benzene rings is 2. The lowest BCUT2D eigenvalue weighted by atomic mass is 10.1. The van der Waals surface area contributed by atoms with E-state index in [1.807, 2.05) is 7.05 Å². The minimum absolute atomic E-state index is 0.358. The lowest BCUT2D eigenvalue weighted by Crippen LogP contribution is -2.29. The zero-order chi connectivity index (χ0) is 19.4. The van der Waals surface area contributed by atoms with Crippen LogP contribution >= 0.6 is 23.2 Å². The smallest absolute Gasteiger partial charge is 0.244 e. The molecule has 27 heavy (non-hydrogen) atoms. The minimum Gasteiger partial charge on any atom is -0.339 e.